The van der Waals surface area contributed by atoms with Crippen molar-refractivity contribution in [2.75, 3.05) is 27.7 Å². The minimum Gasteiger partial charge on any atom is -0.380 e. The first-order valence-electron chi connectivity index (χ1n) is 7.61. The molecule has 1 aliphatic carbocycles. The van der Waals surface area contributed by atoms with Crippen molar-refractivity contribution >= 4 is 5.91 Å². The number of nitrogens with zero attached hydrogens (tertiary/aromatic N) is 1. The lowest BCUT2D eigenvalue weighted by Gasteiger charge is -2.36. The number of likely N-dealkylation sites (N-methyl/N-ethyl adjacent to an activating group) is 1. The second-order valence-electron chi connectivity index (χ2n) is 6.14. The highest BCUT2D eigenvalue weighted by molar-refractivity contribution is 5.94. The molecule has 4 heteroatoms. The Morgan fingerprint density at radius 1 is 1.24 bits per heavy atom. The molecule has 116 valence electrons. The Morgan fingerprint density at radius 2 is 1.86 bits per heavy atom. The molecule has 4 nitrogen and oxygen atoms in total. The number of hydrogen-bond donors (Lipinski definition) is 1. The van der Waals surface area contributed by atoms with Crippen molar-refractivity contribution < 1.29 is 9.53 Å². The van der Waals surface area contributed by atoms with Crippen LogP contribution in [0.5, 0.6) is 0 Å². The van der Waals surface area contributed by atoms with Gasteiger partial charge in [0.2, 0.25) is 0 Å². The summed E-state index contributed by atoms with van der Waals surface area (Å²) in [7, 11) is 5.89. The van der Waals surface area contributed by atoms with Gasteiger partial charge in [-0.25, -0.2) is 0 Å². The van der Waals surface area contributed by atoms with Crippen molar-refractivity contribution in [2.24, 2.45) is 0 Å². The average molecular weight is 290 g/mol. The summed E-state index contributed by atoms with van der Waals surface area (Å²) in [6.45, 7) is 1.30. The van der Waals surface area contributed by atoms with Crippen molar-refractivity contribution in [3.8, 4) is 0 Å². The highest BCUT2D eigenvalue weighted by atomic mass is 16.5. The molecular formula is C17H26N2O2. The molecule has 0 heterocycles. The zero-order valence-electron chi connectivity index (χ0n) is 13.3. The molecule has 0 aromatic heterocycles. The van der Waals surface area contributed by atoms with E-state index in [0.29, 0.717) is 12.2 Å². The van der Waals surface area contributed by atoms with Crippen LogP contribution < -0.4 is 5.32 Å². The van der Waals surface area contributed by atoms with Crippen molar-refractivity contribution in [1.29, 1.82) is 0 Å². The topological polar surface area (TPSA) is 41.6 Å². The molecule has 0 bridgehead atoms. The van der Waals surface area contributed by atoms with Crippen LogP contribution in [0.2, 0.25) is 0 Å². The van der Waals surface area contributed by atoms with Crippen molar-refractivity contribution in [3.05, 3.63) is 35.4 Å². The third-order valence-electron chi connectivity index (χ3n) is 4.59. The van der Waals surface area contributed by atoms with E-state index in [1.165, 1.54) is 12.8 Å². The fourth-order valence-corrected chi connectivity index (χ4v) is 3.08. The van der Waals surface area contributed by atoms with Crippen LogP contribution in [-0.2, 0) is 11.3 Å². The molecule has 1 N–H and O–H groups in total. The number of benzene rings is 1. The van der Waals surface area contributed by atoms with Crippen LogP contribution in [0.25, 0.3) is 0 Å². The average Bonchev–Trinajstić information content (AvgIpc) is 2.96. The first-order valence-corrected chi connectivity index (χ1v) is 7.61. The minimum atomic E-state index is 0.00657. The summed E-state index contributed by atoms with van der Waals surface area (Å²) in [6, 6.07) is 7.60. The Bertz CT molecular complexity index is 462. The zero-order valence-corrected chi connectivity index (χ0v) is 13.3. The highest BCUT2D eigenvalue weighted by Crippen LogP contribution is 2.33. The van der Waals surface area contributed by atoms with Gasteiger partial charge in [-0.05, 0) is 44.6 Å². The molecule has 1 aliphatic rings. The smallest absolute Gasteiger partial charge is 0.251 e. The van der Waals surface area contributed by atoms with Gasteiger partial charge in [-0.1, -0.05) is 25.0 Å². The number of amides is 1. The quantitative estimate of drug-likeness (QED) is 0.875. The predicted octanol–water partition coefficient (Wildman–Crippen LogP) is 2.44. The van der Waals surface area contributed by atoms with Crippen molar-refractivity contribution in [2.45, 2.75) is 37.8 Å². The van der Waals surface area contributed by atoms with Gasteiger partial charge < -0.3 is 15.0 Å². The van der Waals surface area contributed by atoms with Crippen LogP contribution in [0, 0.1) is 0 Å². The molecule has 0 aliphatic heterocycles. The Hall–Kier alpha value is -1.39. The Labute approximate surface area is 127 Å². The van der Waals surface area contributed by atoms with E-state index in [0.717, 1.165) is 24.9 Å². The molecule has 1 aromatic rings. The molecule has 1 saturated carbocycles. The van der Waals surface area contributed by atoms with Gasteiger partial charge in [-0.2, -0.15) is 0 Å². The van der Waals surface area contributed by atoms with Crippen LogP contribution in [0.1, 0.15) is 41.6 Å². The number of methoxy groups -OCH3 is 1. The van der Waals surface area contributed by atoms with Gasteiger partial charge in [0.1, 0.15) is 0 Å². The number of carbonyl (C=O) groups excluding carboxylic acids is 1. The largest absolute Gasteiger partial charge is 0.380 e. The molecular weight excluding hydrogens is 264 g/mol. The molecule has 0 radical (unpaired) electrons. The normalized spacial score (nSPS) is 17.1. The van der Waals surface area contributed by atoms with Crippen molar-refractivity contribution in [1.82, 2.24) is 10.2 Å². The van der Waals surface area contributed by atoms with Gasteiger partial charge in [-0.3, -0.25) is 4.79 Å². The molecule has 0 saturated heterocycles. The van der Waals surface area contributed by atoms with Gasteiger partial charge in [0, 0.05) is 24.8 Å². The molecule has 1 aromatic carbocycles. The lowest BCUT2D eigenvalue weighted by molar-refractivity contribution is 0.0900. The standard InChI is InChI=1S/C17H26N2O2/c1-19(2)17(10-4-5-11-17)13-18-16(20)15-8-6-14(7-9-15)12-21-3/h6-9H,4-5,10-13H2,1-3H3,(H,18,20). The minimum absolute atomic E-state index is 0.00657. The SMILES string of the molecule is COCc1ccc(C(=O)NCC2(N(C)C)CCCC2)cc1. The molecule has 0 spiro atoms. The first-order chi connectivity index (χ1) is 10.1. The fourth-order valence-electron chi connectivity index (χ4n) is 3.08. The summed E-state index contributed by atoms with van der Waals surface area (Å²) in [5.41, 5.74) is 1.92. The van der Waals surface area contributed by atoms with E-state index in [1.54, 1.807) is 7.11 Å². The fraction of sp³-hybridized carbons (Fsp3) is 0.588. The monoisotopic (exact) mass is 290 g/mol. The number of rotatable bonds is 6. The number of hydrogen-bond acceptors (Lipinski definition) is 3. The third kappa shape index (κ3) is 3.83. The summed E-state index contributed by atoms with van der Waals surface area (Å²) in [4.78, 5) is 14.5. The number of carbonyl (C=O) groups is 1. The highest BCUT2D eigenvalue weighted by Gasteiger charge is 2.36. The van der Waals surface area contributed by atoms with E-state index in [1.807, 2.05) is 24.3 Å². The summed E-state index contributed by atoms with van der Waals surface area (Å²) in [6.07, 6.45) is 4.82. The second kappa shape index (κ2) is 7.05. The molecule has 0 unspecified atom stereocenters. The van der Waals surface area contributed by atoms with Crippen LogP contribution in [0.4, 0.5) is 0 Å². The van der Waals surface area contributed by atoms with Gasteiger partial charge >= 0.3 is 0 Å². The van der Waals surface area contributed by atoms with E-state index in [9.17, 15) is 4.79 Å². The van der Waals surface area contributed by atoms with E-state index in [2.05, 4.69) is 24.3 Å². The van der Waals surface area contributed by atoms with Gasteiger partial charge in [0.05, 0.1) is 6.61 Å². The summed E-state index contributed by atoms with van der Waals surface area (Å²) < 4.78 is 5.08. The van der Waals surface area contributed by atoms with Crippen LogP contribution in [0.3, 0.4) is 0 Å². The maximum atomic E-state index is 12.3. The van der Waals surface area contributed by atoms with Gasteiger partial charge in [0.25, 0.3) is 5.91 Å². The molecule has 21 heavy (non-hydrogen) atoms. The van der Waals surface area contributed by atoms with Crippen molar-refractivity contribution in [3.63, 3.8) is 0 Å². The van der Waals surface area contributed by atoms with E-state index in [-0.39, 0.29) is 11.4 Å². The maximum Gasteiger partial charge on any atom is 0.251 e. The summed E-state index contributed by atoms with van der Waals surface area (Å²) in [5, 5.41) is 3.10. The van der Waals surface area contributed by atoms with Gasteiger partial charge in [0.15, 0.2) is 0 Å². The second-order valence-corrected chi connectivity index (χ2v) is 6.14. The summed E-state index contributed by atoms with van der Waals surface area (Å²) in [5.74, 6) is 0.00657. The lowest BCUT2D eigenvalue weighted by atomic mass is 9.96. The van der Waals surface area contributed by atoms with Crippen LogP contribution in [0.15, 0.2) is 24.3 Å². The Balaban J connectivity index is 1.94. The first kappa shape index (κ1) is 16.0. The van der Waals surface area contributed by atoms with E-state index in [4.69, 9.17) is 4.74 Å². The Morgan fingerprint density at radius 3 is 2.38 bits per heavy atom. The van der Waals surface area contributed by atoms with Crippen LogP contribution >= 0.6 is 0 Å². The Kier molecular flexibility index (Phi) is 5.37. The number of ether oxygens (including phenoxy) is 1. The van der Waals surface area contributed by atoms with Crippen LogP contribution in [-0.4, -0.2) is 44.1 Å². The van der Waals surface area contributed by atoms with E-state index >= 15 is 0 Å². The molecule has 1 fully saturated rings. The predicted molar refractivity (Wildman–Crippen MR) is 84.4 cm³/mol. The number of nitrogens with one attached hydrogen (secondary N) is 1. The molecule has 0 atom stereocenters. The third-order valence-corrected chi connectivity index (χ3v) is 4.59. The van der Waals surface area contributed by atoms with E-state index < -0.39 is 0 Å². The molecule has 1 amide bonds. The van der Waals surface area contributed by atoms with Gasteiger partial charge in [-0.15, -0.1) is 0 Å². The molecule has 2 rings (SSSR count). The zero-order chi connectivity index (χ0) is 15.3. The lowest BCUT2D eigenvalue weighted by Crippen LogP contribution is -2.50. The maximum absolute atomic E-state index is 12.3. The summed E-state index contributed by atoms with van der Waals surface area (Å²) >= 11 is 0.